The second-order valence-electron chi connectivity index (χ2n) is 6.02. The average molecular weight is 562 g/mol. The van der Waals surface area contributed by atoms with Gasteiger partial charge in [-0.1, -0.05) is 0 Å². The predicted molar refractivity (Wildman–Crippen MR) is 109 cm³/mol. The van der Waals surface area contributed by atoms with Gasteiger partial charge < -0.3 is 0 Å². The van der Waals surface area contributed by atoms with Crippen molar-refractivity contribution in [2.45, 2.75) is 5.51 Å². The summed E-state index contributed by atoms with van der Waals surface area (Å²) in [6.45, 7) is 0. The number of imidazole rings is 4. The van der Waals surface area contributed by atoms with Gasteiger partial charge in [0, 0.05) is 37.2 Å². The molecular weight excluding hydrogens is 545 g/mol. The third-order valence-electron chi connectivity index (χ3n) is 3.54. The second kappa shape index (κ2) is 10.4. The van der Waals surface area contributed by atoms with E-state index in [2.05, 4.69) is 15.0 Å². The lowest BCUT2D eigenvalue weighted by Gasteiger charge is -2.03. The molecule has 192 valence electrons. The Kier molecular flexibility index (Phi) is 8.20. The highest BCUT2D eigenvalue weighted by molar-refractivity contribution is 7.88. The first-order valence-corrected chi connectivity index (χ1v) is 12.8. The summed E-state index contributed by atoms with van der Waals surface area (Å²) in [6.07, 6.45) is 16.6. The molecule has 0 radical (unpaired) electrons. The minimum Gasteiger partial charge on any atom is -0.279 e. The minimum atomic E-state index is -5.84. The molecule has 0 aliphatic rings. The van der Waals surface area contributed by atoms with Crippen LogP contribution in [0.2, 0.25) is 0 Å². The normalized spacial score (nSPS) is 12.3. The standard InChI is InChI=1S/C7H9N4O2S.C6H6N4O2S.CHF3O3S/c1-9-4-5-11(7-9)14(12,13)10-3-2-8-6-10;11-13(12,9-3-1-7-5-9)10-4-2-8-6-10;2-1(3,4)8(5,6)7/h2-7H,1H3;1-6H;(H,5,6,7)/q+1;;. The molecule has 4 aromatic rings. The predicted octanol–water partition coefficient (Wildman–Crippen LogP) is -0.735. The Labute approximate surface area is 196 Å². The van der Waals surface area contributed by atoms with Gasteiger partial charge in [-0.15, -0.1) is 3.97 Å². The van der Waals surface area contributed by atoms with Crippen molar-refractivity contribution in [2.75, 3.05) is 0 Å². The smallest absolute Gasteiger partial charge is 0.279 e. The molecule has 0 unspecified atom stereocenters. The second-order valence-corrected chi connectivity index (χ2v) is 10.9. The van der Waals surface area contributed by atoms with Crippen molar-refractivity contribution in [3.63, 3.8) is 0 Å². The van der Waals surface area contributed by atoms with E-state index in [4.69, 9.17) is 13.0 Å². The van der Waals surface area contributed by atoms with Crippen LogP contribution in [0.4, 0.5) is 13.2 Å². The van der Waals surface area contributed by atoms with Crippen LogP contribution in [-0.4, -0.2) is 66.2 Å². The molecule has 0 amide bonds. The van der Waals surface area contributed by atoms with Crippen LogP contribution in [0, 0.1) is 0 Å². The molecule has 1 N–H and O–H groups in total. The van der Waals surface area contributed by atoms with Crippen molar-refractivity contribution in [3.05, 3.63) is 74.9 Å². The lowest BCUT2D eigenvalue weighted by Crippen LogP contribution is -2.26. The number of hydrogen-bond donors (Lipinski definition) is 1. The summed E-state index contributed by atoms with van der Waals surface area (Å²) in [5.41, 5.74) is -5.53. The van der Waals surface area contributed by atoms with E-state index in [9.17, 15) is 30.0 Å². The largest absolute Gasteiger partial charge is 0.522 e. The Morgan fingerprint density at radius 2 is 1.06 bits per heavy atom. The molecule has 0 fully saturated rings. The molecule has 0 aliphatic heterocycles. The van der Waals surface area contributed by atoms with E-state index >= 15 is 0 Å². The fourth-order valence-corrected chi connectivity index (χ4v) is 3.99. The number of halogens is 3. The van der Waals surface area contributed by atoms with Crippen LogP contribution in [0.3, 0.4) is 0 Å². The SMILES string of the molecule is C[n+]1ccn(S(=O)(=O)n2ccnc2)c1.O=S(=O)(O)C(F)(F)F.O=S(=O)(n1ccnc1)n1ccnc1. The molecule has 4 aromatic heterocycles. The number of aromatic nitrogens is 8. The van der Waals surface area contributed by atoms with Crippen molar-refractivity contribution < 1.29 is 47.5 Å². The highest BCUT2D eigenvalue weighted by atomic mass is 32.2. The van der Waals surface area contributed by atoms with Gasteiger partial charge in [-0.3, -0.25) is 4.55 Å². The lowest BCUT2D eigenvalue weighted by atomic mass is 10.9. The minimum absolute atomic E-state index is 1.01. The average Bonchev–Trinajstić information content (AvgIpc) is 3.56. The third kappa shape index (κ3) is 6.97. The van der Waals surface area contributed by atoms with Crippen LogP contribution < -0.4 is 4.57 Å². The molecule has 0 saturated carbocycles. The summed E-state index contributed by atoms with van der Waals surface area (Å²) in [7, 11) is -11.2. The van der Waals surface area contributed by atoms with Crippen molar-refractivity contribution >= 4 is 30.5 Å². The summed E-state index contributed by atoms with van der Waals surface area (Å²) in [6, 6.07) is 0. The number of aryl methyl sites for hydroxylation is 1. The molecule has 0 spiro atoms. The summed E-state index contributed by atoms with van der Waals surface area (Å²) in [5.74, 6) is 0. The summed E-state index contributed by atoms with van der Waals surface area (Å²) in [5, 5.41) is 0. The maximum absolute atomic E-state index is 11.8. The molecule has 0 aromatic carbocycles. The molecule has 0 saturated heterocycles. The molecule has 4 rings (SSSR count). The van der Waals surface area contributed by atoms with E-state index in [0.717, 1.165) is 15.9 Å². The van der Waals surface area contributed by atoms with Crippen LogP contribution >= 0.6 is 0 Å². The Morgan fingerprint density at radius 3 is 1.29 bits per heavy atom. The first-order valence-electron chi connectivity index (χ1n) is 8.60. The van der Waals surface area contributed by atoms with Gasteiger partial charge in [0.15, 0.2) is 0 Å². The van der Waals surface area contributed by atoms with Gasteiger partial charge in [-0.2, -0.15) is 42.4 Å². The molecule has 35 heavy (non-hydrogen) atoms. The van der Waals surface area contributed by atoms with Gasteiger partial charge in [0.2, 0.25) is 0 Å². The third-order valence-corrected chi connectivity index (χ3v) is 7.12. The van der Waals surface area contributed by atoms with Crippen LogP contribution in [-0.2, 0) is 37.6 Å². The van der Waals surface area contributed by atoms with Crippen LogP contribution in [0.25, 0.3) is 0 Å². The number of alkyl halides is 3. The molecule has 21 heteroatoms. The Hall–Kier alpha value is -3.56. The van der Waals surface area contributed by atoms with E-state index in [0.29, 0.717) is 0 Å². The fourth-order valence-electron chi connectivity index (χ4n) is 1.93. The zero-order valence-corrected chi connectivity index (χ0v) is 19.7. The molecule has 0 atom stereocenters. The van der Waals surface area contributed by atoms with Gasteiger partial charge in [0.25, 0.3) is 6.33 Å². The van der Waals surface area contributed by atoms with Gasteiger partial charge in [0.05, 0.1) is 7.05 Å². The van der Waals surface area contributed by atoms with E-state index in [1.807, 2.05) is 0 Å². The van der Waals surface area contributed by atoms with Crippen LogP contribution in [0.1, 0.15) is 0 Å². The van der Waals surface area contributed by atoms with E-state index in [1.165, 1.54) is 68.7 Å². The van der Waals surface area contributed by atoms with Gasteiger partial charge in [-0.05, 0) is 0 Å². The summed E-state index contributed by atoms with van der Waals surface area (Å²) >= 11 is 0. The van der Waals surface area contributed by atoms with Gasteiger partial charge in [-0.25, -0.2) is 27.5 Å². The van der Waals surface area contributed by atoms with Crippen molar-refractivity contribution in [3.8, 4) is 0 Å². The van der Waals surface area contributed by atoms with Crippen molar-refractivity contribution in [1.82, 2.24) is 30.8 Å². The molecular formula is C14H16F3N8O7S3+. The maximum Gasteiger partial charge on any atom is 0.522 e. The summed E-state index contributed by atoms with van der Waals surface area (Å²) in [4.78, 5) is 11.0. The molecule has 15 nitrogen and oxygen atoms in total. The van der Waals surface area contributed by atoms with Crippen molar-refractivity contribution in [1.29, 1.82) is 0 Å². The molecule has 0 bridgehead atoms. The first kappa shape index (κ1) is 27.7. The highest BCUT2D eigenvalue weighted by Gasteiger charge is 2.44. The van der Waals surface area contributed by atoms with Gasteiger partial charge >= 0.3 is 36.0 Å². The highest BCUT2D eigenvalue weighted by Crippen LogP contribution is 2.20. The quantitative estimate of drug-likeness (QED) is 0.189. The zero-order valence-electron chi connectivity index (χ0n) is 17.3. The Bertz CT molecular complexity index is 1490. The Morgan fingerprint density at radius 1 is 0.714 bits per heavy atom. The van der Waals surface area contributed by atoms with E-state index in [1.54, 1.807) is 17.8 Å². The van der Waals surface area contributed by atoms with Crippen LogP contribution in [0.15, 0.2) is 74.9 Å². The van der Waals surface area contributed by atoms with Crippen molar-refractivity contribution in [2.24, 2.45) is 7.05 Å². The molecule has 4 heterocycles. The molecule has 0 aliphatic carbocycles. The topological polar surface area (TPSA) is 185 Å². The number of rotatable bonds is 4. The fraction of sp³-hybridized carbons (Fsp3) is 0.143. The Balaban J connectivity index is 0.000000193. The monoisotopic (exact) mass is 561 g/mol. The zero-order chi connectivity index (χ0) is 26.5. The van der Waals surface area contributed by atoms with Gasteiger partial charge in [0.1, 0.15) is 31.4 Å². The maximum atomic E-state index is 11.8. The lowest BCUT2D eigenvalue weighted by molar-refractivity contribution is -0.670. The van der Waals surface area contributed by atoms with E-state index in [-0.39, 0.29) is 0 Å². The number of nitrogens with zero attached hydrogens (tertiary/aromatic N) is 8. The first-order chi connectivity index (χ1) is 16.1. The summed E-state index contributed by atoms with van der Waals surface area (Å²) < 4.78 is 110. The van der Waals surface area contributed by atoms with Crippen LogP contribution in [0.5, 0.6) is 0 Å². The van der Waals surface area contributed by atoms with E-state index < -0.39 is 36.0 Å². The number of hydrogen-bond acceptors (Lipinski definition) is 9.